The van der Waals surface area contributed by atoms with Crippen LogP contribution < -0.4 is 14.9 Å². The molecule has 0 radical (unpaired) electrons. The van der Waals surface area contributed by atoms with Crippen LogP contribution in [0.5, 0.6) is 11.5 Å². The third kappa shape index (κ3) is 5.07. The molecule has 28 heavy (non-hydrogen) atoms. The Morgan fingerprint density at radius 2 is 1.93 bits per heavy atom. The molecule has 1 heterocycles. The second-order valence-electron chi connectivity index (χ2n) is 6.29. The number of carbonyl (C=O) groups is 1. The standard InChI is InChI=1S/C22H23N3O3/c1-3-16(2)28-19-11-5-4-8-18(19)14-24-25-21(26)15-27-20-12-6-9-17-10-7-13-23-22(17)20/h4-14,16H,3,15H2,1-2H3,(H,25,26)/b24-14+/t16-/m0/s1. The van der Waals surface area contributed by atoms with Crippen LogP contribution in [-0.4, -0.2) is 29.8 Å². The molecule has 6 heteroatoms. The van der Waals surface area contributed by atoms with Crippen LogP contribution in [-0.2, 0) is 4.79 Å². The number of carbonyl (C=O) groups excluding carboxylic acids is 1. The van der Waals surface area contributed by atoms with E-state index in [0.29, 0.717) is 5.75 Å². The van der Waals surface area contributed by atoms with Gasteiger partial charge in [0.25, 0.3) is 5.91 Å². The maximum absolute atomic E-state index is 12.1. The van der Waals surface area contributed by atoms with Crippen molar-refractivity contribution in [3.05, 3.63) is 66.4 Å². The van der Waals surface area contributed by atoms with Crippen molar-refractivity contribution in [3.8, 4) is 11.5 Å². The SMILES string of the molecule is CC[C@H](C)Oc1ccccc1/C=N/NC(=O)COc1cccc2cccnc12. The van der Waals surface area contributed by atoms with Gasteiger partial charge in [0.15, 0.2) is 6.61 Å². The number of ether oxygens (including phenoxy) is 2. The van der Waals surface area contributed by atoms with E-state index in [-0.39, 0.29) is 18.6 Å². The second-order valence-corrected chi connectivity index (χ2v) is 6.29. The predicted molar refractivity (Wildman–Crippen MR) is 110 cm³/mol. The summed E-state index contributed by atoms with van der Waals surface area (Å²) in [6, 6.07) is 17.0. The number of hydrogen-bond acceptors (Lipinski definition) is 5. The quantitative estimate of drug-likeness (QED) is 0.477. The first-order valence-corrected chi connectivity index (χ1v) is 9.21. The highest BCUT2D eigenvalue weighted by molar-refractivity contribution is 5.86. The van der Waals surface area contributed by atoms with E-state index in [2.05, 4.69) is 22.4 Å². The lowest BCUT2D eigenvalue weighted by Crippen LogP contribution is -2.24. The molecular weight excluding hydrogens is 354 g/mol. The molecule has 3 rings (SSSR count). The number of nitrogens with one attached hydrogen (secondary N) is 1. The van der Waals surface area contributed by atoms with Crippen LogP contribution in [0.2, 0.25) is 0 Å². The van der Waals surface area contributed by atoms with E-state index in [0.717, 1.165) is 28.6 Å². The number of benzene rings is 2. The lowest BCUT2D eigenvalue weighted by atomic mass is 10.2. The Hall–Kier alpha value is -3.41. The van der Waals surface area contributed by atoms with E-state index in [9.17, 15) is 4.79 Å². The number of fused-ring (bicyclic) bond motifs is 1. The highest BCUT2D eigenvalue weighted by Crippen LogP contribution is 2.22. The monoisotopic (exact) mass is 377 g/mol. The van der Waals surface area contributed by atoms with Crippen LogP contribution in [0.4, 0.5) is 0 Å². The molecular formula is C22H23N3O3. The third-order valence-electron chi connectivity index (χ3n) is 4.17. The lowest BCUT2D eigenvalue weighted by molar-refractivity contribution is -0.123. The van der Waals surface area contributed by atoms with Crippen LogP contribution in [0.3, 0.4) is 0 Å². The number of para-hydroxylation sites is 2. The zero-order chi connectivity index (χ0) is 19.8. The van der Waals surface area contributed by atoms with Gasteiger partial charge in [-0.3, -0.25) is 9.78 Å². The normalized spacial score (nSPS) is 12.1. The summed E-state index contributed by atoms with van der Waals surface area (Å²) in [5.74, 6) is 0.932. The van der Waals surface area contributed by atoms with Gasteiger partial charge in [-0.2, -0.15) is 5.10 Å². The number of hydrazone groups is 1. The lowest BCUT2D eigenvalue weighted by Gasteiger charge is -2.14. The minimum Gasteiger partial charge on any atom is -0.490 e. The zero-order valence-corrected chi connectivity index (χ0v) is 16.0. The highest BCUT2D eigenvalue weighted by atomic mass is 16.5. The molecule has 1 atom stereocenters. The van der Waals surface area contributed by atoms with Crippen LogP contribution in [0, 0.1) is 0 Å². The predicted octanol–water partition coefficient (Wildman–Crippen LogP) is 3.94. The fraction of sp³-hybridized carbons (Fsp3) is 0.227. The molecule has 0 spiro atoms. The fourth-order valence-electron chi connectivity index (χ4n) is 2.54. The third-order valence-corrected chi connectivity index (χ3v) is 4.17. The number of pyridine rings is 1. The molecule has 6 nitrogen and oxygen atoms in total. The zero-order valence-electron chi connectivity index (χ0n) is 16.0. The summed E-state index contributed by atoms with van der Waals surface area (Å²) in [4.78, 5) is 16.4. The van der Waals surface area contributed by atoms with E-state index in [1.807, 2.05) is 55.5 Å². The van der Waals surface area contributed by atoms with Crippen molar-refractivity contribution in [3.63, 3.8) is 0 Å². The van der Waals surface area contributed by atoms with E-state index in [4.69, 9.17) is 9.47 Å². The van der Waals surface area contributed by atoms with Crippen molar-refractivity contribution in [1.29, 1.82) is 0 Å². The summed E-state index contributed by atoms with van der Waals surface area (Å²) < 4.78 is 11.5. The maximum atomic E-state index is 12.1. The van der Waals surface area contributed by atoms with Gasteiger partial charge < -0.3 is 9.47 Å². The molecule has 1 amide bonds. The van der Waals surface area contributed by atoms with Gasteiger partial charge in [-0.05, 0) is 37.6 Å². The number of amides is 1. The molecule has 0 bridgehead atoms. The van der Waals surface area contributed by atoms with E-state index in [1.54, 1.807) is 18.5 Å². The van der Waals surface area contributed by atoms with Crippen molar-refractivity contribution in [1.82, 2.24) is 10.4 Å². The van der Waals surface area contributed by atoms with Gasteiger partial charge in [0, 0.05) is 17.1 Å². The molecule has 1 aromatic heterocycles. The molecule has 0 unspecified atom stereocenters. The van der Waals surface area contributed by atoms with Gasteiger partial charge in [-0.25, -0.2) is 5.43 Å². The topological polar surface area (TPSA) is 72.8 Å². The summed E-state index contributed by atoms with van der Waals surface area (Å²) in [7, 11) is 0. The Balaban J connectivity index is 1.57. The molecule has 0 aliphatic carbocycles. The Kier molecular flexibility index (Phi) is 6.57. The number of hydrogen-bond donors (Lipinski definition) is 1. The second kappa shape index (κ2) is 9.50. The highest BCUT2D eigenvalue weighted by Gasteiger charge is 2.07. The first kappa shape index (κ1) is 19.4. The first-order chi connectivity index (χ1) is 13.7. The summed E-state index contributed by atoms with van der Waals surface area (Å²) in [6.07, 6.45) is 4.27. The van der Waals surface area contributed by atoms with Crippen molar-refractivity contribution in [2.75, 3.05) is 6.61 Å². The van der Waals surface area contributed by atoms with Crippen molar-refractivity contribution in [2.24, 2.45) is 5.10 Å². The largest absolute Gasteiger partial charge is 0.490 e. The van der Waals surface area contributed by atoms with Crippen LogP contribution >= 0.6 is 0 Å². The summed E-state index contributed by atoms with van der Waals surface area (Å²) in [5, 5.41) is 4.96. The molecule has 0 aliphatic heterocycles. The van der Waals surface area contributed by atoms with Crippen molar-refractivity contribution < 1.29 is 14.3 Å². The number of rotatable bonds is 8. The maximum Gasteiger partial charge on any atom is 0.277 e. The molecule has 0 fully saturated rings. The molecule has 2 aromatic carbocycles. The van der Waals surface area contributed by atoms with Crippen LogP contribution in [0.25, 0.3) is 10.9 Å². The molecule has 3 aromatic rings. The van der Waals surface area contributed by atoms with Gasteiger partial charge in [-0.1, -0.05) is 37.3 Å². The van der Waals surface area contributed by atoms with E-state index in [1.165, 1.54) is 0 Å². The first-order valence-electron chi connectivity index (χ1n) is 9.21. The van der Waals surface area contributed by atoms with E-state index < -0.39 is 0 Å². The van der Waals surface area contributed by atoms with Gasteiger partial charge in [0.1, 0.15) is 17.0 Å². The summed E-state index contributed by atoms with van der Waals surface area (Å²) in [6.45, 7) is 3.92. The van der Waals surface area contributed by atoms with Gasteiger partial charge >= 0.3 is 0 Å². The van der Waals surface area contributed by atoms with Gasteiger partial charge in [-0.15, -0.1) is 0 Å². The van der Waals surface area contributed by atoms with Gasteiger partial charge in [0.2, 0.25) is 0 Å². The van der Waals surface area contributed by atoms with Crippen molar-refractivity contribution in [2.45, 2.75) is 26.4 Å². The Bertz CT molecular complexity index is 967. The molecule has 144 valence electrons. The van der Waals surface area contributed by atoms with Crippen molar-refractivity contribution >= 4 is 23.0 Å². The summed E-state index contributed by atoms with van der Waals surface area (Å²) in [5.41, 5.74) is 3.99. The Morgan fingerprint density at radius 1 is 1.14 bits per heavy atom. The molecule has 0 aliphatic rings. The molecule has 0 saturated heterocycles. The molecule has 0 saturated carbocycles. The average molecular weight is 377 g/mol. The number of nitrogens with zero attached hydrogens (tertiary/aromatic N) is 2. The minimum atomic E-state index is -0.357. The minimum absolute atomic E-state index is 0.104. The van der Waals surface area contributed by atoms with Gasteiger partial charge in [0.05, 0.1) is 12.3 Å². The fourth-order valence-corrected chi connectivity index (χ4v) is 2.54. The Labute approximate surface area is 164 Å². The Morgan fingerprint density at radius 3 is 2.79 bits per heavy atom. The number of aromatic nitrogens is 1. The van der Waals surface area contributed by atoms with Crippen LogP contribution in [0.15, 0.2) is 65.9 Å². The molecule has 1 N–H and O–H groups in total. The van der Waals surface area contributed by atoms with Crippen LogP contribution in [0.1, 0.15) is 25.8 Å². The van der Waals surface area contributed by atoms with E-state index >= 15 is 0 Å². The smallest absolute Gasteiger partial charge is 0.277 e. The summed E-state index contributed by atoms with van der Waals surface area (Å²) >= 11 is 0. The average Bonchev–Trinajstić information content (AvgIpc) is 2.73.